The number of amides is 1. The molecule has 4 nitrogen and oxygen atoms in total. The molecule has 1 aliphatic heterocycles. The summed E-state index contributed by atoms with van der Waals surface area (Å²) in [6.07, 6.45) is 6.43. The highest BCUT2D eigenvalue weighted by Crippen LogP contribution is 2.47. The Labute approximate surface area is 185 Å². The second-order valence-electron chi connectivity index (χ2n) is 9.83. The summed E-state index contributed by atoms with van der Waals surface area (Å²) in [4.78, 5) is 16.0. The topological polar surface area (TPSA) is 52.6 Å². The number of hydrogen-bond donors (Lipinski definition) is 2. The highest BCUT2D eigenvalue weighted by Gasteiger charge is 2.58. The van der Waals surface area contributed by atoms with Crippen molar-refractivity contribution in [2.24, 2.45) is 17.8 Å². The van der Waals surface area contributed by atoms with E-state index in [0.717, 1.165) is 50.9 Å². The zero-order valence-electron chi connectivity index (χ0n) is 18.2. The maximum absolute atomic E-state index is 13.6. The van der Waals surface area contributed by atoms with Gasteiger partial charge >= 0.3 is 0 Å². The molecule has 31 heavy (non-hydrogen) atoms. The molecule has 2 aromatic rings. The molecule has 2 aliphatic carbocycles. The van der Waals surface area contributed by atoms with Gasteiger partial charge in [-0.2, -0.15) is 0 Å². The average molecular weight is 419 g/mol. The quantitative estimate of drug-likeness (QED) is 0.695. The third-order valence-corrected chi connectivity index (χ3v) is 7.82. The number of carbonyl (C=O) groups is 1. The van der Waals surface area contributed by atoms with Gasteiger partial charge in [0.25, 0.3) is 5.91 Å². The molecule has 5 rings (SSSR count). The predicted octanol–water partition coefficient (Wildman–Crippen LogP) is 4.09. The van der Waals surface area contributed by atoms with Crippen LogP contribution < -0.4 is 5.32 Å². The fourth-order valence-corrected chi connectivity index (χ4v) is 6.00. The summed E-state index contributed by atoms with van der Waals surface area (Å²) in [5, 5.41) is 15.1. The Morgan fingerprint density at radius 2 is 1.48 bits per heavy atom. The molecule has 2 aromatic carbocycles. The number of nitrogens with one attached hydrogen (secondary N) is 1. The Kier molecular flexibility index (Phi) is 5.85. The molecule has 2 saturated carbocycles. The first-order chi connectivity index (χ1) is 15.2. The molecule has 164 valence electrons. The fraction of sp³-hybridized carbons (Fsp3) is 0.519. The molecular formula is C27H34N2O2. The number of hydrogen-bond acceptors (Lipinski definition) is 3. The van der Waals surface area contributed by atoms with Gasteiger partial charge in [-0.3, -0.25) is 9.69 Å². The van der Waals surface area contributed by atoms with Crippen LogP contribution in [0.4, 0.5) is 0 Å². The van der Waals surface area contributed by atoms with Gasteiger partial charge in [0, 0.05) is 31.6 Å². The van der Waals surface area contributed by atoms with Crippen LogP contribution >= 0.6 is 0 Å². The average Bonchev–Trinajstić information content (AvgIpc) is 3.38. The minimum Gasteiger partial charge on any atom is -0.375 e. The van der Waals surface area contributed by atoms with E-state index in [0.29, 0.717) is 11.8 Å². The van der Waals surface area contributed by atoms with Crippen LogP contribution in [-0.2, 0) is 16.9 Å². The van der Waals surface area contributed by atoms with Crippen molar-refractivity contribution in [1.29, 1.82) is 0 Å². The van der Waals surface area contributed by atoms with Crippen molar-refractivity contribution in [3.8, 4) is 0 Å². The van der Waals surface area contributed by atoms with E-state index < -0.39 is 5.60 Å². The minimum absolute atomic E-state index is 0.00873. The lowest BCUT2D eigenvalue weighted by Crippen LogP contribution is -2.51. The third-order valence-electron chi connectivity index (χ3n) is 7.82. The van der Waals surface area contributed by atoms with Gasteiger partial charge in [-0.15, -0.1) is 0 Å². The highest BCUT2D eigenvalue weighted by molar-refractivity contribution is 5.87. The number of aliphatic hydroxyl groups is 1. The van der Waals surface area contributed by atoms with Gasteiger partial charge in [0.15, 0.2) is 5.60 Å². The second-order valence-corrected chi connectivity index (χ2v) is 9.83. The van der Waals surface area contributed by atoms with Crippen LogP contribution in [-0.4, -0.2) is 35.0 Å². The van der Waals surface area contributed by atoms with E-state index in [1.807, 2.05) is 30.3 Å². The molecule has 0 bridgehead atoms. The molecule has 0 radical (unpaired) electrons. The van der Waals surface area contributed by atoms with E-state index in [1.54, 1.807) is 0 Å². The maximum Gasteiger partial charge on any atom is 0.257 e. The lowest BCUT2D eigenvalue weighted by molar-refractivity contribution is -0.148. The molecule has 0 spiro atoms. The van der Waals surface area contributed by atoms with Crippen molar-refractivity contribution < 1.29 is 9.90 Å². The number of benzene rings is 2. The first-order valence-electron chi connectivity index (χ1n) is 12.0. The Bertz CT molecular complexity index is 867. The van der Waals surface area contributed by atoms with E-state index in [-0.39, 0.29) is 17.9 Å². The van der Waals surface area contributed by atoms with Crippen molar-refractivity contribution in [1.82, 2.24) is 10.2 Å². The molecular weight excluding hydrogens is 384 g/mol. The first kappa shape index (κ1) is 20.7. The summed E-state index contributed by atoms with van der Waals surface area (Å²) < 4.78 is 0. The SMILES string of the molecule is O=C(NC1C2CN(Cc3ccccc3)C[C@@H]21)C(O)(c1ccccc1)C1CCCCCC1. The zero-order valence-corrected chi connectivity index (χ0v) is 18.2. The summed E-state index contributed by atoms with van der Waals surface area (Å²) in [5.74, 6) is 0.841. The van der Waals surface area contributed by atoms with Crippen LogP contribution in [0.15, 0.2) is 60.7 Å². The highest BCUT2D eigenvalue weighted by atomic mass is 16.3. The van der Waals surface area contributed by atoms with Crippen molar-refractivity contribution in [3.63, 3.8) is 0 Å². The van der Waals surface area contributed by atoms with Gasteiger partial charge in [0.1, 0.15) is 0 Å². The number of likely N-dealkylation sites (tertiary alicyclic amines) is 1. The van der Waals surface area contributed by atoms with Gasteiger partial charge in [-0.1, -0.05) is 86.3 Å². The molecule has 1 saturated heterocycles. The molecule has 2 N–H and O–H groups in total. The van der Waals surface area contributed by atoms with E-state index >= 15 is 0 Å². The summed E-state index contributed by atoms with van der Waals surface area (Å²) in [6.45, 7) is 3.03. The number of fused-ring (bicyclic) bond motifs is 1. The molecule has 1 amide bonds. The fourth-order valence-electron chi connectivity index (χ4n) is 6.00. The van der Waals surface area contributed by atoms with Crippen molar-refractivity contribution in [2.75, 3.05) is 13.1 Å². The van der Waals surface area contributed by atoms with Gasteiger partial charge in [-0.25, -0.2) is 0 Å². The van der Waals surface area contributed by atoms with Crippen LogP contribution in [0.3, 0.4) is 0 Å². The number of piperidine rings is 1. The molecule has 1 heterocycles. The van der Waals surface area contributed by atoms with E-state index in [4.69, 9.17) is 0 Å². The molecule has 4 heteroatoms. The lowest BCUT2D eigenvalue weighted by atomic mass is 9.76. The molecule has 3 fully saturated rings. The zero-order chi connectivity index (χ0) is 21.3. The smallest absolute Gasteiger partial charge is 0.257 e. The molecule has 0 aromatic heterocycles. The van der Waals surface area contributed by atoms with Crippen molar-refractivity contribution in [2.45, 2.75) is 56.7 Å². The van der Waals surface area contributed by atoms with E-state index in [1.165, 1.54) is 18.4 Å². The van der Waals surface area contributed by atoms with E-state index in [9.17, 15) is 9.90 Å². The Morgan fingerprint density at radius 3 is 2.10 bits per heavy atom. The van der Waals surface area contributed by atoms with Gasteiger partial charge in [0.2, 0.25) is 0 Å². The van der Waals surface area contributed by atoms with Crippen LogP contribution in [0.2, 0.25) is 0 Å². The second kappa shape index (κ2) is 8.76. The summed E-state index contributed by atoms with van der Waals surface area (Å²) >= 11 is 0. The largest absolute Gasteiger partial charge is 0.375 e. The van der Waals surface area contributed by atoms with Crippen molar-refractivity contribution in [3.05, 3.63) is 71.8 Å². The minimum atomic E-state index is -1.42. The monoisotopic (exact) mass is 418 g/mol. The first-order valence-corrected chi connectivity index (χ1v) is 12.0. The standard InChI is InChI=1S/C27H34N2O2/c30-26(27(31,22-15-9-4-10-16-22)21-13-7-1-2-8-14-21)28-25-23-18-29(19-24(23)25)17-20-11-5-3-6-12-20/h3-6,9-12,15-16,21,23-25,31H,1-2,7-8,13-14,17-19H2,(H,28,30)/t23-,24?,25?,27?/m0/s1. The van der Waals surface area contributed by atoms with Crippen LogP contribution in [0.5, 0.6) is 0 Å². The number of carbonyl (C=O) groups excluding carboxylic acids is 1. The van der Waals surface area contributed by atoms with Crippen LogP contribution in [0, 0.1) is 17.8 Å². The summed E-state index contributed by atoms with van der Waals surface area (Å²) in [7, 11) is 0. The molecule has 3 aliphatic rings. The maximum atomic E-state index is 13.6. The van der Waals surface area contributed by atoms with Crippen LogP contribution in [0.25, 0.3) is 0 Å². The predicted molar refractivity (Wildman–Crippen MR) is 122 cm³/mol. The normalized spacial score (nSPS) is 28.4. The van der Waals surface area contributed by atoms with Gasteiger partial charge in [-0.05, 0) is 35.8 Å². The van der Waals surface area contributed by atoms with Crippen LogP contribution in [0.1, 0.15) is 49.7 Å². The Morgan fingerprint density at radius 1 is 0.903 bits per heavy atom. The molecule has 4 atom stereocenters. The lowest BCUT2D eigenvalue weighted by Gasteiger charge is -2.35. The number of nitrogens with zero attached hydrogens (tertiary/aromatic N) is 1. The Balaban J connectivity index is 1.25. The summed E-state index contributed by atoms with van der Waals surface area (Å²) in [6, 6.07) is 20.4. The van der Waals surface area contributed by atoms with Gasteiger partial charge in [0.05, 0.1) is 0 Å². The van der Waals surface area contributed by atoms with Gasteiger partial charge < -0.3 is 10.4 Å². The van der Waals surface area contributed by atoms with Crippen molar-refractivity contribution >= 4 is 5.91 Å². The number of rotatable bonds is 6. The van der Waals surface area contributed by atoms with E-state index in [2.05, 4.69) is 40.5 Å². The summed E-state index contributed by atoms with van der Waals surface area (Å²) in [5.41, 5.74) is 0.666. The third kappa shape index (κ3) is 4.16. The Hall–Kier alpha value is -2.17. The molecule has 3 unspecified atom stereocenters.